The fraction of sp³-hybridized carbons (Fsp3) is 0.364. The minimum Gasteiger partial charge on any atom is -0.440 e. The lowest BCUT2D eigenvalue weighted by Gasteiger charge is -2.30. The van der Waals surface area contributed by atoms with Crippen LogP contribution in [-0.4, -0.2) is 32.9 Å². The topological polar surface area (TPSA) is 58.0 Å². The van der Waals surface area contributed by atoms with Crippen LogP contribution in [0.5, 0.6) is 0 Å². The van der Waals surface area contributed by atoms with Crippen molar-refractivity contribution in [1.29, 1.82) is 0 Å². The normalized spacial score (nSPS) is 16.2. The van der Waals surface area contributed by atoms with Gasteiger partial charge in [0.2, 0.25) is 5.89 Å². The molecule has 3 aromatic heterocycles. The van der Waals surface area contributed by atoms with Crippen LogP contribution >= 0.6 is 11.3 Å². The molecule has 0 bridgehead atoms. The Kier molecular flexibility index (Phi) is 4.53. The lowest BCUT2D eigenvalue weighted by molar-refractivity contribution is 0.199. The summed E-state index contributed by atoms with van der Waals surface area (Å²) < 4.78 is 5.96. The zero-order valence-corrected chi connectivity index (χ0v) is 17.1. The predicted molar refractivity (Wildman–Crippen MR) is 113 cm³/mol. The Morgan fingerprint density at radius 3 is 2.71 bits per heavy atom. The van der Waals surface area contributed by atoms with E-state index < -0.39 is 0 Å². The SMILES string of the molecule is Cc1ccsc1-c1nc(CN2CCC(c3nc4ccccc4[nH]3)CC2)c(C)o1. The molecule has 0 aliphatic carbocycles. The lowest BCUT2D eigenvalue weighted by Crippen LogP contribution is -2.33. The summed E-state index contributed by atoms with van der Waals surface area (Å²) in [7, 11) is 0. The van der Waals surface area contributed by atoms with Gasteiger partial charge >= 0.3 is 0 Å². The third kappa shape index (κ3) is 3.27. The van der Waals surface area contributed by atoms with Crippen LogP contribution in [-0.2, 0) is 6.54 Å². The highest BCUT2D eigenvalue weighted by atomic mass is 32.1. The second-order valence-corrected chi connectivity index (χ2v) is 8.56. The molecule has 4 heterocycles. The third-order valence-electron chi connectivity index (χ3n) is 5.70. The molecule has 0 atom stereocenters. The number of nitrogens with zero attached hydrogens (tertiary/aromatic N) is 3. The van der Waals surface area contributed by atoms with Crippen LogP contribution in [0.1, 0.15) is 41.6 Å². The van der Waals surface area contributed by atoms with Gasteiger partial charge < -0.3 is 9.40 Å². The fourth-order valence-corrected chi connectivity index (χ4v) is 4.86. The van der Waals surface area contributed by atoms with Gasteiger partial charge in [0.25, 0.3) is 0 Å². The van der Waals surface area contributed by atoms with Crippen molar-refractivity contribution >= 4 is 22.4 Å². The minimum absolute atomic E-state index is 0.506. The largest absolute Gasteiger partial charge is 0.440 e. The van der Waals surface area contributed by atoms with Crippen LogP contribution < -0.4 is 0 Å². The van der Waals surface area contributed by atoms with Crippen LogP contribution in [0, 0.1) is 13.8 Å². The third-order valence-corrected chi connectivity index (χ3v) is 6.71. The molecule has 0 radical (unpaired) electrons. The number of aryl methyl sites for hydroxylation is 2. The molecule has 0 amide bonds. The lowest BCUT2D eigenvalue weighted by atomic mass is 9.96. The highest BCUT2D eigenvalue weighted by Crippen LogP contribution is 2.32. The molecule has 0 unspecified atom stereocenters. The van der Waals surface area contributed by atoms with E-state index in [1.165, 1.54) is 5.56 Å². The van der Waals surface area contributed by atoms with Crippen LogP contribution in [0.15, 0.2) is 40.1 Å². The van der Waals surface area contributed by atoms with E-state index in [0.717, 1.165) is 71.6 Å². The summed E-state index contributed by atoms with van der Waals surface area (Å²) in [6.07, 6.45) is 2.24. The Balaban J connectivity index is 1.25. The highest BCUT2D eigenvalue weighted by molar-refractivity contribution is 7.13. The molecular weight excluding hydrogens is 368 g/mol. The summed E-state index contributed by atoms with van der Waals surface area (Å²) in [6, 6.07) is 10.4. The molecule has 1 aromatic carbocycles. The Bertz CT molecular complexity index is 1070. The van der Waals surface area contributed by atoms with E-state index in [9.17, 15) is 0 Å². The van der Waals surface area contributed by atoms with Crippen LogP contribution in [0.4, 0.5) is 0 Å². The molecule has 5 nitrogen and oxygen atoms in total. The van der Waals surface area contributed by atoms with Gasteiger partial charge in [0.1, 0.15) is 11.6 Å². The summed E-state index contributed by atoms with van der Waals surface area (Å²) in [4.78, 5) is 16.7. The van der Waals surface area contributed by atoms with Gasteiger partial charge in [-0.2, -0.15) is 0 Å². The van der Waals surface area contributed by atoms with Gasteiger partial charge in [-0.3, -0.25) is 4.90 Å². The summed E-state index contributed by atoms with van der Waals surface area (Å²) in [5.41, 5.74) is 4.48. The zero-order chi connectivity index (χ0) is 19.1. The van der Waals surface area contributed by atoms with Gasteiger partial charge in [-0.25, -0.2) is 9.97 Å². The Hall–Kier alpha value is -2.44. The zero-order valence-electron chi connectivity index (χ0n) is 16.2. The first-order chi connectivity index (χ1) is 13.7. The first kappa shape index (κ1) is 17.6. The number of hydrogen-bond donors (Lipinski definition) is 1. The first-order valence-corrected chi connectivity index (χ1v) is 10.7. The number of hydrogen-bond acceptors (Lipinski definition) is 5. The smallest absolute Gasteiger partial charge is 0.237 e. The predicted octanol–water partition coefficient (Wildman–Crippen LogP) is 5.28. The molecular formula is C22H24N4OS. The van der Waals surface area contributed by atoms with Gasteiger partial charge in [-0.05, 0) is 68.9 Å². The number of likely N-dealkylation sites (tertiary alicyclic amines) is 1. The number of aromatic amines is 1. The van der Waals surface area contributed by atoms with E-state index in [0.29, 0.717) is 5.92 Å². The summed E-state index contributed by atoms with van der Waals surface area (Å²) >= 11 is 1.69. The number of oxazole rings is 1. The van der Waals surface area contributed by atoms with Crippen molar-refractivity contribution in [2.45, 2.75) is 39.2 Å². The maximum absolute atomic E-state index is 5.96. The van der Waals surface area contributed by atoms with Crippen molar-refractivity contribution < 1.29 is 4.42 Å². The molecule has 1 aliphatic heterocycles. The fourth-order valence-electron chi connectivity index (χ4n) is 4.01. The van der Waals surface area contributed by atoms with E-state index >= 15 is 0 Å². The van der Waals surface area contributed by atoms with Gasteiger partial charge in [-0.1, -0.05) is 12.1 Å². The van der Waals surface area contributed by atoms with Crippen LogP contribution in [0.3, 0.4) is 0 Å². The number of para-hydroxylation sites is 2. The molecule has 1 saturated heterocycles. The molecule has 0 saturated carbocycles. The minimum atomic E-state index is 0.506. The number of nitrogens with one attached hydrogen (secondary N) is 1. The maximum atomic E-state index is 5.96. The van der Waals surface area contributed by atoms with E-state index in [1.54, 1.807) is 11.3 Å². The van der Waals surface area contributed by atoms with Crippen molar-refractivity contribution in [2.24, 2.45) is 0 Å². The van der Waals surface area contributed by atoms with Gasteiger partial charge in [-0.15, -0.1) is 11.3 Å². The second-order valence-electron chi connectivity index (χ2n) is 7.64. The number of H-pyrrole nitrogens is 1. The van der Waals surface area contributed by atoms with E-state index in [1.807, 2.05) is 13.0 Å². The van der Waals surface area contributed by atoms with Crippen molar-refractivity contribution in [3.63, 3.8) is 0 Å². The standard InChI is InChI=1S/C22H24N4OS/c1-14-9-12-28-20(14)22-25-19(15(2)27-22)13-26-10-7-16(8-11-26)21-23-17-5-3-4-6-18(17)24-21/h3-6,9,12,16H,7-8,10-11,13H2,1-2H3,(H,23,24). The Morgan fingerprint density at radius 2 is 1.96 bits per heavy atom. The number of piperidine rings is 1. The molecule has 28 heavy (non-hydrogen) atoms. The maximum Gasteiger partial charge on any atom is 0.237 e. The first-order valence-electron chi connectivity index (χ1n) is 9.85. The molecule has 1 N–H and O–H groups in total. The Morgan fingerprint density at radius 1 is 1.14 bits per heavy atom. The van der Waals surface area contributed by atoms with Crippen molar-refractivity contribution in [2.75, 3.05) is 13.1 Å². The van der Waals surface area contributed by atoms with E-state index in [4.69, 9.17) is 14.4 Å². The summed E-state index contributed by atoms with van der Waals surface area (Å²) in [5.74, 6) is 3.33. The van der Waals surface area contributed by atoms with Gasteiger partial charge in [0.15, 0.2) is 0 Å². The number of rotatable bonds is 4. The molecule has 5 rings (SSSR count). The number of aromatic nitrogens is 3. The number of fused-ring (bicyclic) bond motifs is 1. The number of benzene rings is 1. The highest BCUT2D eigenvalue weighted by Gasteiger charge is 2.24. The van der Waals surface area contributed by atoms with Crippen molar-refractivity contribution in [3.8, 4) is 10.8 Å². The molecule has 4 aromatic rings. The molecule has 0 spiro atoms. The van der Waals surface area contributed by atoms with Crippen molar-refractivity contribution in [1.82, 2.24) is 19.9 Å². The van der Waals surface area contributed by atoms with E-state index in [2.05, 4.69) is 46.5 Å². The van der Waals surface area contributed by atoms with Crippen LogP contribution in [0.25, 0.3) is 21.8 Å². The number of imidazole rings is 1. The Labute approximate surface area is 168 Å². The molecule has 6 heteroatoms. The summed E-state index contributed by atoms with van der Waals surface area (Å²) in [5, 5.41) is 2.09. The second kappa shape index (κ2) is 7.18. The van der Waals surface area contributed by atoms with E-state index in [-0.39, 0.29) is 0 Å². The summed E-state index contributed by atoms with van der Waals surface area (Å²) in [6.45, 7) is 7.10. The molecule has 1 aliphatic rings. The van der Waals surface area contributed by atoms with Crippen LogP contribution in [0.2, 0.25) is 0 Å². The number of thiophene rings is 1. The quantitative estimate of drug-likeness (QED) is 0.514. The van der Waals surface area contributed by atoms with Gasteiger partial charge in [0, 0.05) is 12.5 Å². The monoisotopic (exact) mass is 392 g/mol. The average molecular weight is 393 g/mol. The van der Waals surface area contributed by atoms with Gasteiger partial charge in [0.05, 0.1) is 21.6 Å². The van der Waals surface area contributed by atoms with Crippen molar-refractivity contribution in [3.05, 3.63) is 58.6 Å². The molecule has 1 fully saturated rings. The average Bonchev–Trinajstić information content (AvgIpc) is 3.41. The molecule has 144 valence electrons.